The lowest BCUT2D eigenvalue weighted by atomic mass is 10.5. The fourth-order valence-corrected chi connectivity index (χ4v) is 0.848. The van der Waals surface area contributed by atoms with Gasteiger partial charge in [0.1, 0.15) is 0 Å². The average Bonchev–Trinajstić information content (AvgIpc) is 2.80. The Hall–Kier alpha value is -0.540. The highest BCUT2D eigenvalue weighted by molar-refractivity contribution is 6.29. The van der Waals surface area contributed by atoms with E-state index in [4.69, 9.17) is 11.6 Å². The van der Waals surface area contributed by atoms with Gasteiger partial charge in [0.2, 0.25) is 5.91 Å². The second-order valence-electron chi connectivity index (χ2n) is 2.95. The maximum Gasteiger partial charge on any atom is 0.234 e. The zero-order valence-corrected chi connectivity index (χ0v) is 7.66. The Kier molecular flexibility index (Phi) is 3.56. The second kappa shape index (κ2) is 4.48. The Balaban J connectivity index is 1.98. The summed E-state index contributed by atoms with van der Waals surface area (Å²) in [7, 11) is 0. The molecule has 2 N–H and O–H groups in total. The van der Waals surface area contributed by atoms with Crippen molar-refractivity contribution >= 4 is 17.5 Å². The molecule has 0 atom stereocenters. The maximum absolute atomic E-state index is 11.0. The minimum Gasteiger partial charge on any atom is -0.350 e. The normalized spacial score (nSPS) is 15.8. The van der Waals surface area contributed by atoms with Gasteiger partial charge in [0.05, 0.1) is 13.1 Å². The third kappa shape index (κ3) is 4.36. The number of halogens is 1. The van der Waals surface area contributed by atoms with Crippen molar-refractivity contribution in [2.45, 2.75) is 18.9 Å². The summed E-state index contributed by atoms with van der Waals surface area (Å²) in [6, 6.07) is 0.565. The molecule has 1 saturated carbocycles. The Morgan fingerprint density at radius 2 is 2.17 bits per heavy atom. The number of nitrogens with one attached hydrogen (secondary N) is 2. The van der Waals surface area contributed by atoms with E-state index in [0.29, 0.717) is 24.2 Å². The quantitative estimate of drug-likeness (QED) is 0.664. The van der Waals surface area contributed by atoms with Gasteiger partial charge in [-0.3, -0.25) is 4.79 Å². The Morgan fingerprint density at radius 1 is 1.50 bits per heavy atom. The highest BCUT2D eigenvalue weighted by Gasteiger charge is 2.20. The van der Waals surface area contributed by atoms with Crippen molar-refractivity contribution in [2.75, 3.05) is 13.1 Å². The number of carbonyl (C=O) groups is 1. The largest absolute Gasteiger partial charge is 0.350 e. The van der Waals surface area contributed by atoms with Crippen molar-refractivity contribution in [2.24, 2.45) is 0 Å². The van der Waals surface area contributed by atoms with Crippen molar-refractivity contribution in [1.29, 1.82) is 0 Å². The van der Waals surface area contributed by atoms with Gasteiger partial charge in [0.25, 0.3) is 0 Å². The van der Waals surface area contributed by atoms with Gasteiger partial charge in [-0.05, 0) is 12.8 Å². The van der Waals surface area contributed by atoms with Gasteiger partial charge in [-0.1, -0.05) is 18.2 Å². The monoisotopic (exact) mass is 188 g/mol. The summed E-state index contributed by atoms with van der Waals surface area (Å²) < 4.78 is 0. The summed E-state index contributed by atoms with van der Waals surface area (Å²) in [6.07, 6.45) is 2.38. The first-order valence-corrected chi connectivity index (χ1v) is 4.39. The van der Waals surface area contributed by atoms with Crippen molar-refractivity contribution in [1.82, 2.24) is 10.6 Å². The highest BCUT2D eigenvalue weighted by atomic mass is 35.5. The number of rotatable bonds is 5. The molecule has 1 rings (SSSR count). The molecule has 1 aliphatic rings. The van der Waals surface area contributed by atoms with Gasteiger partial charge in [0.15, 0.2) is 0 Å². The molecule has 0 aliphatic heterocycles. The third-order valence-electron chi connectivity index (χ3n) is 1.61. The van der Waals surface area contributed by atoms with Gasteiger partial charge in [-0.25, -0.2) is 0 Å². The molecule has 1 amide bonds. The average molecular weight is 189 g/mol. The third-order valence-corrected chi connectivity index (χ3v) is 1.74. The molecule has 12 heavy (non-hydrogen) atoms. The lowest BCUT2D eigenvalue weighted by Gasteiger charge is -2.03. The van der Waals surface area contributed by atoms with E-state index in [1.807, 2.05) is 0 Å². The minimum atomic E-state index is -0.0244. The van der Waals surface area contributed by atoms with Crippen LogP contribution < -0.4 is 10.6 Å². The van der Waals surface area contributed by atoms with Crippen LogP contribution in [0.1, 0.15) is 12.8 Å². The number of hydrogen-bond acceptors (Lipinski definition) is 2. The molecule has 68 valence electrons. The van der Waals surface area contributed by atoms with Crippen LogP contribution in [0.2, 0.25) is 0 Å². The lowest BCUT2D eigenvalue weighted by Crippen LogP contribution is -2.35. The van der Waals surface area contributed by atoms with Crippen LogP contribution >= 0.6 is 11.6 Å². The van der Waals surface area contributed by atoms with E-state index in [2.05, 4.69) is 17.2 Å². The van der Waals surface area contributed by atoms with Crippen molar-refractivity contribution in [3.8, 4) is 0 Å². The molecule has 0 spiro atoms. The van der Waals surface area contributed by atoms with Crippen LogP contribution in [0.5, 0.6) is 0 Å². The van der Waals surface area contributed by atoms with Gasteiger partial charge in [-0.2, -0.15) is 0 Å². The molecule has 0 bridgehead atoms. The van der Waals surface area contributed by atoms with Crippen LogP contribution in [-0.2, 0) is 4.79 Å². The molecule has 0 aromatic heterocycles. The Labute approximate surface area is 77.2 Å². The van der Waals surface area contributed by atoms with Crippen molar-refractivity contribution in [3.05, 3.63) is 11.6 Å². The van der Waals surface area contributed by atoms with Gasteiger partial charge in [-0.15, -0.1) is 0 Å². The van der Waals surface area contributed by atoms with E-state index < -0.39 is 0 Å². The first kappa shape index (κ1) is 9.55. The minimum absolute atomic E-state index is 0.0244. The standard InChI is InChI=1S/C8H13ClN2O/c1-6(9)4-11-8(12)5-10-7-2-3-7/h7,10H,1-5H2,(H,11,12). The Morgan fingerprint density at radius 3 is 2.67 bits per heavy atom. The molecule has 0 radical (unpaired) electrons. The van der Waals surface area contributed by atoms with Crippen LogP contribution in [0.25, 0.3) is 0 Å². The van der Waals surface area contributed by atoms with E-state index in [1.165, 1.54) is 12.8 Å². The van der Waals surface area contributed by atoms with Crippen LogP contribution in [0.4, 0.5) is 0 Å². The first-order chi connectivity index (χ1) is 5.68. The molecule has 4 heteroatoms. The zero-order valence-electron chi connectivity index (χ0n) is 6.90. The summed E-state index contributed by atoms with van der Waals surface area (Å²) in [5.74, 6) is -0.0244. The second-order valence-corrected chi connectivity index (χ2v) is 3.48. The first-order valence-electron chi connectivity index (χ1n) is 4.02. The van der Waals surface area contributed by atoms with E-state index in [0.717, 1.165) is 0 Å². The maximum atomic E-state index is 11.0. The van der Waals surface area contributed by atoms with Gasteiger partial charge >= 0.3 is 0 Å². The number of carbonyl (C=O) groups excluding carboxylic acids is 1. The van der Waals surface area contributed by atoms with E-state index in [-0.39, 0.29) is 5.91 Å². The van der Waals surface area contributed by atoms with E-state index >= 15 is 0 Å². The van der Waals surface area contributed by atoms with Crippen molar-refractivity contribution in [3.63, 3.8) is 0 Å². The molecule has 1 aliphatic carbocycles. The predicted octanol–water partition coefficient (Wildman–Crippen LogP) is 0.607. The van der Waals surface area contributed by atoms with Gasteiger partial charge < -0.3 is 10.6 Å². The number of hydrogen-bond donors (Lipinski definition) is 2. The van der Waals surface area contributed by atoms with Gasteiger partial charge in [0, 0.05) is 11.1 Å². The summed E-state index contributed by atoms with van der Waals surface area (Å²) in [4.78, 5) is 11.0. The molecule has 0 heterocycles. The fourth-order valence-electron chi connectivity index (χ4n) is 0.781. The van der Waals surface area contributed by atoms with Crippen LogP contribution in [-0.4, -0.2) is 25.0 Å². The lowest BCUT2D eigenvalue weighted by molar-refractivity contribution is -0.120. The molecule has 0 unspecified atom stereocenters. The summed E-state index contributed by atoms with van der Waals surface area (Å²) >= 11 is 5.47. The zero-order chi connectivity index (χ0) is 8.97. The van der Waals surface area contributed by atoms with Crippen LogP contribution in [0.3, 0.4) is 0 Å². The highest BCUT2D eigenvalue weighted by Crippen LogP contribution is 2.17. The van der Waals surface area contributed by atoms with Crippen LogP contribution in [0.15, 0.2) is 11.6 Å². The van der Waals surface area contributed by atoms with Crippen LogP contribution in [0, 0.1) is 0 Å². The molecule has 3 nitrogen and oxygen atoms in total. The summed E-state index contributed by atoms with van der Waals surface area (Å²) in [5, 5.41) is 6.18. The topological polar surface area (TPSA) is 41.1 Å². The molecular weight excluding hydrogens is 176 g/mol. The SMILES string of the molecule is C=C(Cl)CNC(=O)CNC1CC1. The number of amides is 1. The Bertz CT molecular complexity index is 189. The molecular formula is C8H13ClN2O. The summed E-state index contributed by atoms with van der Waals surface area (Å²) in [6.45, 7) is 4.20. The molecule has 0 saturated heterocycles. The van der Waals surface area contributed by atoms with E-state index in [1.54, 1.807) is 0 Å². The van der Waals surface area contributed by atoms with Crippen molar-refractivity contribution < 1.29 is 4.79 Å². The van der Waals surface area contributed by atoms with E-state index in [9.17, 15) is 4.79 Å². The predicted molar refractivity (Wildman–Crippen MR) is 49.0 cm³/mol. The fraction of sp³-hybridized carbons (Fsp3) is 0.625. The molecule has 1 fully saturated rings. The summed E-state index contributed by atoms with van der Waals surface area (Å²) in [5.41, 5.74) is 0. The molecule has 0 aromatic rings. The smallest absolute Gasteiger partial charge is 0.234 e. The molecule has 0 aromatic carbocycles.